The number of aromatic nitrogens is 1. The average molecular weight is 369 g/mol. The van der Waals surface area contributed by atoms with Gasteiger partial charge in [0.25, 0.3) is 5.91 Å². The topological polar surface area (TPSA) is 77.6 Å². The van der Waals surface area contributed by atoms with E-state index in [0.717, 1.165) is 11.4 Å². The van der Waals surface area contributed by atoms with E-state index in [1.165, 1.54) is 0 Å². The van der Waals surface area contributed by atoms with Gasteiger partial charge in [-0.2, -0.15) is 0 Å². The van der Waals surface area contributed by atoms with Crippen LogP contribution in [-0.2, 0) is 6.54 Å². The van der Waals surface area contributed by atoms with Crippen LogP contribution in [0.2, 0.25) is 0 Å². The summed E-state index contributed by atoms with van der Waals surface area (Å²) in [4.78, 5) is 32.3. The van der Waals surface area contributed by atoms with Gasteiger partial charge in [-0.25, -0.2) is 9.78 Å². The van der Waals surface area contributed by atoms with Gasteiger partial charge in [-0.1, -0.05) is 6.07 Å². The highest BCUT2D eigenvalue weighted by molar-refractivity contribution is 5.95. The standard InChI is InChI=1S/C20H27N5O2/c1-5-25(6-2)19(26)16-8-10-17(11-9-16)23-20(27)22-14-15-7-12-18(21-13-15)24(3)4/h7-13H,5-6,14H2,1-4H3,(H2,22,23,27). The van der Waals surface area contributed by atoms with Gasteiger partial charge in [-0.15, -0.1) is 0 Å². The van der Waals surface area contributed by atoms with Crippen LogP contribution in [0, 0.1) is 0 Å². The Labute approximate surface area is 160 Å². The molecule has 0 bridgehead atoms. The lowest BCUT2D eigenvalue weighted by molar-refractivity contribution is 0.0773. The Morgan fingerprint density at radius 3 is 2.19 bits per heavy atom. The largest absolute Gasteiger partial charge is 0.363 e. The van der Waals surface area contributed by atoms with E-state index < -0.39 is 0 Å². The van der Waals surface area contributed by atoms with Gasteiger partial charge in [0.2, 0.25) is 0 Å². The fourth-order valence-electron chi connectivity index (χ4n) is 2.53. The first-order valence-corrected chi connectivity index (χ1v) is 9.01. The van der Waals surface area contributed by atoms with E-state index in [1.54, 1.807) is 35.4 Å². The lowest BCUT2D eigenvalue weighted by atomic mass is 10.2. The van der Waals surface area contributed by atoms with Gasteiger partial charge < -0.3 is 20.4 Å². The Balaban J connectivity index is 1.87. The van der Waals surface area contributed by atoms with Crippen LogP contribution in [0.1, 0.15) is 29.8 Å². The maximum atomic E-state index is 12.3. The number of nitrogens with one attached hydrogen (secondary N) is 2. The molecule has 0 radical (unpaired) electrons. The second kappa shape index (κ2) is 9.56. The SMILES string of the molecule is CCN(CC)C(=O)c1ccc(NC(=O)NCc2ccc(N(C)C)nc2)cc1. The molecule has 0 spiro atoms. The second-order valence-corrected chi connectivity index (χ2v) is 6.28. The maximum Gasteiger partial charge on any atom is 0.319 e. The van der Waals surface area contributed by atoms with Gasteiger partial charge >= 0.3 is 6.03 Å². The Morgan fingerprint density at radius 2 is 1.67 bits per heavy atom. The number of hydrogen-bond donors (Lipinski definition) is 2. The minimum absolute atomic E-state index is 0.00956. The molecule has 1 aromatic carbocycles. The van der Waals surface area contributed by atoms with Crippen LogP contribution in [0.3, 0.4) is 0 Å². The van der Waals surface area contributed by atoms with Gasteiger partial charge in [-0.3, -0.25) is 4.79 Å². The molecule has 3 amide bonds. The highest BCUT2D eigenvalue weighted by atomic mass is 16.2. The van der Waals surface area contributed by atoms with Crippen molar-refractivity contribution in [1.82, 2.24) is 15.2 Å². The molecule has 0 saturated heterocycles. The molecule has 2 rings (SSSR count). The summed E-state index contributed by atoms with van der Waals surface area (Å²) >= 11 is 0. The molecule has 0 saturated carbocycles. The predicted molar refractivity (Wildman–Crippen MR) is 108 cm³/mol. The summed E-state index contributed by atoms with van der Waals surface area (Å²) in [5.41, 5.74) is 2.15. The second-order valence-electron chi connectivity index (χ2n) is 6.28. The number of urea groups is 1. The van der Waals surface area contributed by atoms with Crippen molar-refractivity contribution in [1.29, 1.82) is 0 Å². The molecule has 0 aliphatic heterocycles. The van der Waals surface area contributed by atoms with E-state index in [2.05, 4.69) is 15.6 Å². The molecule has 0 atom stereocenters. The van der Waals surface area contributed by atoms with E-state index >= 15 is 0 Å². The van der Waals surface area contributed by atoms with Crippen LogP contribution >= 0.6 is 0 Å². The number of nitrogens with zero attached hydrogens (tertiary/aromatic N) is 3. The third-order valence-electron chi connectivity index (χ3n) is 4.16. The van der Waals surface area contributed by atoms with Crippen molar-refractivity contribution in [3.63, 3.8) is 0 Å². The summed E-state index contributed by atoms with van der Waals surface area (Å²) in [5, 5.41) is 5.55. The van der Waals surface area contributed by atoms with Crippen LogP contribution in [0.4, 0.5) is 16.3 Å². The van der Waals surface area contributed by atoms with Crippen LogP contribution in [-0.4, -0.2) is 49.0 Å². The maximum absolute atomic E-state index is 12.3. The van der Waals surface area contributed by atoms with E-state index in [9.17, 15) is 9.59 Å². The van der Waals surface area contributed by atoms with Crippen molar-refractivity contribution in [2.75, 3.05) is 37.4 Å². The van der Waals surface area contributed by atoms with Gasteiger partial charge in [-0.05, 0) is 49.7 Å². The first kappa shape index (κ1) is 20.2. The summed E-state index contributed by atoms with van der Waals surface area (Å²) in [5.74, 6) is 0.854. The summed E-state index contributed by atoms with van der Waals surface area (Å²) < 4.78 is 0. The zero-order chi connectivity index (χ0) is 19.8. The van der Waals surface area contributed by atoms with E-state index in [4.69, 9.17) is 0 Å². The fraction of sp³-hybridized carbons (Fsp3) is 0.350. The summed E-state index contributed by atoms with van der Waals surface area (Å²) in [6, 6.07) is 10.4. The van der Waals surface area contributed by atoms with Crippen molar-refractivity contribution in [2.45, 2.75) is 20.4 Å². The number of carbonyl (C=O) groups is 2. The van der Waals surface area contributed by atoms with Gasteiger partial charge in [0, 0.05) is 51.2 Å². The van der Waals surface area contributed by atoms with Crippen molar-refractivity contribution >= 4 is 23.4 Å². The molecule has 7 heteroatoms. The Kier molecular flexibility index (Phi) is 7.16. The minimum Gasteiger partial charge on any atom is -0.363 e. The highest BCUT2D eigenvalue weighted by Crippen LogP contribution is 2.12. The van der Waals surface area contributed by atoms with Crippen LogP contribution < -0.4 is 15.5 Å². The summed E-state index contributed by atoms with van der Waals surface area (Å²) in [6.45, 7) is 5.62. The van der Waals surface area contributed by atoms with Crippen molar-refractivity contribution < 1.29 is 9.59 Å². The quantitative estimate of drug-likeness (QED) is 0.787. The molecule has 7 nitrogen and oxygen atoms in total. The molecule has 144 valence electrons. The predicted octanol–water partition coefficient (Wildman–Crippen LogP) is 2.95. The molecule has 0 fully saturated rings. The van der Waals surface area contributed by atoms with Crippen molar-refractivity contribution in [3.05, 3.63) is 53.7 Å². The molecule has 0 aliphatic carbocycles. The molecule has 1 heterocycles. The van der Waals surface area contributed by atoms with Crippen LogP contribution in [0.5, 0.6) is 0 Å². The number of carbonyl (C=O) groups excluding carboxylic acids is 2. The molecular weight excluding hydrogens is 342 g/mol. The third kappa shape index (κ3) is 5.70. The highest BCUT2D eigenvalue weighted by Gasteiger charge is 2.12. The Hall–Kier alpha value is -3.09. The van der Waals surface area contributed by atoms with Gasteiger partial charge in [0.05, 0.1) is 0 Å². The Bertz CT molecular complexity index is 753. The molecule has 0 aliphatic rings. The van der Waals surface area contributed by atoms with Gasteiger partial charge in [0.1, 0.15) is 5.82 Å². The lowest BCUT2D eigenvalue weighted by Gasteiger charge is -2.18. The molecule has 1 aromatic heterocycles. The molecule has 0 unspecified atom stereocenters. The van der Waals surface area contributed by atoms with E-state index in [0.29, 0.717) is 30.9 Å². The monoisotopic (exact) mass is 369 g/mol. The number of pyridine rings is 1. The minimum atomic E-state index is -0.311. The summed E-state index contributed by atoms with van der Waals surface area (Å²) in [6.07, 6.45) is 1.74. The number of anilines is 2. The molecule has 27 heavy (non-hydrogen) atoms. The number of hydrogen-bond acceptors (Lipinski definition) is 4. The normalized spacial score (nSPS) is 10.2. The van der Waals surface area contributed by atoms with E-state index in [-0.39, 0.29) is 11.9 Å². The van der Waals surface area contributed by atoms with Crippen molar-refractivity contribution in [3.8, 4) is 0 Å². The Morgan fingerprint density at radius 1 is 1.00 bits per heavy atom. The zero-order valence-electron chi connectivity index (χ0n) is 16.3. The zero-order valence-corrected chi connectivity index (χ0v) is 16.3. The van der Waals surface area contributed by atoms with Crippen LogP contribution in [0.15, 0.2) is 42.6 Å². The smallest absolute Gasteiger partial charge is 0.319 e. The van der Waals surface area contributed by atoms with E-state index in [1.807, 2.05) is 45.0 Å². The molecular formula is C20H27N5O2. The first-order chi connectivity index (χ1) is 12.9. The average Bonchev–Trinajstić information content (AvgIpc) is 2.68. The molecule has 2 N–H and O–H groups in total. The number of amides is 3. The lowest BCUT2D eigenvalue weighted by Crippen LogP contribution is -2.30. The summed E-state index contributed by atoms with van der Waals surface area (Å²) in [7, 11) is 3.85. The van der Waals surface area contributed by atoms with Crippen LogP contribution in [0.25, 0.3) is 0 Å². The van der Waals surface area contributed by atoms with Gasteiger partial charge in [0.15, 0.2) is 0 Å². The first-order valence-electron chi connectivity index (χ1n) is 9.01. The fourth-order valence-corrected chi connectivity index (χ4v) is 2.53. The van der Waals surface area contributed by atoms with Crippen molar-refractivity contribution in [2.24, 2.45) is 0 Å². The third-order valence-corrected chi connectivity index (χ3v) is 4.16. The number of benzene rings is 1. The molecule has 2 aromatic rings. The number of rotatable bonds is 7.